The van der Waals surface area contributed by atoms with Gasteiger partial charge < -0.3 is 20.4 Å². The zero-order chi connectivity index (χ0) is 38.8. The van der Waals surface area contributed by atoms with Gasteiger partial charge in [0, 0.05) is 62.4 Å². The van der Waals surface area contributed by atoms with Crippen LogP contribution in [0.2, 0.25) is 0 Å². The maximum absolute atomic E-state index is 10.7. The highest BCUT2D eigenvalue weighted by molar-refractivity contribution is 9.11. The minimum atomic E-state index is 0.0701. The second-order valence-corrected chi connectivity index (χ2v) is 16.4. The molecule has 5 aliphatic rings. The summed E-state index contributed by atoms with van der Waals surface area (Å²) >= 11 is 14.8. The van der Waals surface area contributed by atoms with Gasteiger partial charge in [0.2, 0.25) is 0 Å². The molecular formula is C44H24Br4N4O4. The van der Waals surface area contributed by atoms with Crippen LogP contribution in [-0.2, 0) is 0 Å². The monoisotopic (exact) mass is 988 g/mol. The Hall–Kier alpha value is -5.40. The highest BCUT2D eigenvalue weighted by Gasteiger charge is 2.30. The molecule has 0 atom stereocenters. The standard InChI is InChI=1S/C44H24Br4N4O4/c45-29-5-1-21(53)17-25(29)41-33-9-11-35(49-33)42(26-18-22(54)2-6-30(26)46)37-13-15-39(51-37)44(28-20-24(56)4-8-32(28)48)40-16-14-38(52-40)43(36-12-10-34(41)50-36)27-19-23(55)3-7-31(27)47/h1-20,53-56H. The SMILES string of the molecule is Oc1ccc(Br)c(C2=C3C=CC(=N3)C(c3cc(O)ccc3Br)=C3C=CC(=N3)C(c3cc(O)ccc3Br)=C3C=CC(=N3)C(c3cc(O)ccc3Br)=C3C=CC2=N3)c1. The predicted octanol–water partition coefficient (Wildman–Crippen LogP) is 11.6. The van der Waals surface area contributed by atoms with E-state index in [1.165, 1.54) is 0 Å². The lowest BCUT2D eigenvalue weighted by molar-refractivity contribution is 0.474. The normalized spacial score (nSPS) is 17.1. The second-order valence-electron chi connectivity index (χ2n) is 13.0. The Morgan fingerprint density at radius 2 is 0.518 bits per heavy atom. The zero-order valence-electron chi connectivity index (χ0n) is 28.6. The lowest BCUT2D eigenvalue weighted by atomic mass is 9.98. The molecule has 0 amide bonds. The fourth-order valence-electron chi connectivity index (χ4n) is 7.01. The fourth-order valence-corrected chi connectivity index (χ4v) is 8.79. The van der Waals surface area contributed by atoms with E-state index in [4.69, 9.17) is 20.0 Å². The van der Waals surface area contributed by atoms with Crippen molar-refractivity contribution in [1.29, 1.82) is 0 Å². The third-order valence-corrected chi connectivity index (χ3v) is 12.3. The first-order valence-electron chi connectivity index (χ1n) is 17.0. The summed E-state index contributed by atoms with van der Waals surface area (Å²) in [4.78, 5) is 20.9. The number of phenols is 4. The second kappa shape index (κ2) is 14.3. The van der Waals surface area contributed by atoms with E-state index in [-0.39, 0.29) is 23.0 Å². The molecule has 5 aliphatic heterocycles. The van der Waals surface area contributed by atoms with Crippen LogP contribution >= 0.6 is 63.7 Å². The third-order valence-electron chi connectivity index (χ3n) is 9.49. The van der Waals surface area contributed by atoms with Gasteiger partial charge in [0.05, 0.1) is 45.6 Å². The summed E-state index contributed by atoms with van der Waals surface area (Å²) in [7, 11) is 0. The maximum Gasteiger partial charge on any atom is 0.116 e. The van der Waals surface area contributed by atoms with Crippen LogP contribution in [0.15, 0.2) is 182 Å². The molecule has 8 nitrogen and oxygen atoms in total. The topological polar surface area (TPSA) is 130 Å². The molecule has 0 saturated carbocycles. The molecule has 9 rings (SSSR count). The number of aromatic hydroxyl groups is 4. The van der Waals surface area contributed by atoms with Crippen LogP contribution in [0.25, 0.3) is 22.3 Å². The van der Waals surface area contributed by atoms with Gasteiger partial charge in [0.15, 0.2) is 0 Å². The molecule has 5 heterocycles. The Morgan fingerprint density at radius 3 is 0.732 bits per heavy atom. The molecule has 0 saturated heterocycles. The quantitative estimate of drug-likeness (QED) is 0.162. The van der Waals surface area contributed by atoms with E-state index in [2.05, 4.69) is 63.7 Å². The molecule has 4 aromatic carbocycles. The van der Waals surface area contributed by atoms with Crippen molar-refractivity contribution < 1.29 is 20.4 Å². The van der Waals surface area contributed by atoms with Crippen molar-refractivity contribution in [3.8, 4) is 23.0 Å². The molecule has 56 heavy (non-hydrogen) atoms. The van der Waals surface area contributed by atoms with Gasteiger partial charge in [-0.25, -0.2) is 20.0 Å². The number of allylic oxidation sites excluding steroid dienone is 12. The number of hydrogen-bond acceptors (Lipinski definition) is 8. The van der Waals surface area contributed by atoms with E-state index in [1.807, 2.05) is 48.6 Å². The summed E-state index contributed by atoms with van der Waals surface area (Å²) < 4.78 is 2.89. The van der Waals surface area contributed by atoms with E-state index in [0.717, 1.165) is 17.9 Å². The van der Waals surface area contributed by atoms with Gasteiger partial charge in [-0.15, -0.1) is 0 Å². The molecule has 12 heteroatoms. The highest BCUT2D eigenvalue weighted by Crippen LogP contribution is 2.43. The van der Waals surface area contributed by atoms with E-state index in [1.54, 1.807) is 72.8 Å². The minimum Gasteiger partial charge on any atom is -0.508 e. The number of rotatable bonds is 4. The molecule has 4 aromatic rings. The summed E-state index contributed by atoms with van der Waals surface area (Å²) in [5, 5.41) is 42.9. The van der Waals surface area contributed by atoms with Gasteiger partial charge in [0.25, 0.3) is 0 Å². The Kier molecular flexibility index (Phi) is 9.24. The van der Waals surface area contributed by atoms with Crippen LogP contribution in [0.3, 0.4) is 0 Å². The van der Waals surface area contributed by atoms with Crippen molar-refractivity contribution in [3.63, 3.8) is 0 Å². The van der Waals surface area contributed by atoms with Crippen LogP contribution in [0.1, 0.15) is 22.3 Å². The molecule has 0 aliphatic carbocycles. The highest BCUT2D eigenvalue weighted by atomic mass is 79.9. The molecule has 4 N–H and O–H groups in total. The lowest BCUT2D eigenvalue weighted by Crippen LogP contribution is -2.04. The number of benzene rings is 4. The van der Waals surface area contributed by atoms with Crippen LogP contribution in [-0.4, -0.2) is 43.3 Å². The predicted molar refractivity (Wildman–Crippen MR) is 237 cm³/mol. The van der Waals surface area contributed by atoms with Crippen molar-refractivity contribution in [3.05, 3.63) is 184 Å². The molecule has 272 valence electrons. The molecule has 0 radical (unpaired) electrons. The molecule has 0 aromatic heterocycles. The zero-order valence-corrected chi connectivity index (χ0v) is 35.0. The third kappa shape index (κ3) is 6.46. The largest absolute Gasteiger partial charge is 0.508 e. The smallest absolute Gasteiger partial charge is 0.116 e. The Morgan fingerprint density at radius 1 is 0.304 bits per heavy atom. The maximum atomic E-state index is 10.7. The Balaban J connectivity index is 1.42. The van der Waals surface area contributed by atoms with E-state index in [9.17, 15) is 20.4 Å². The first-order valence-corrected chi connectivity index (χ1v) is 20.2. The van der Waals surface area contributed by atoms with Crippen LogP contribution in [0.5, 0.6) is 23.0 Å². The van der Waals surface area contributed by atoms with Gasteiger partial charge in [-0.3, -0.25) is 0 Å². The Labute approximate surface area is 354 Å². The summed E-state index contributed by atoms with van der Waals surface area (Å²) in [5.41, 5.74) is 9.88. The van der Waals surface area contributed by atoms with E-state index in [0.29, 0.717) is 90.2 Å². The number of hydrogen-bond donors (Lipinski definition) is 4. The lowest BCUT2D eigenvalue weighted by Gasteiger charge is -2.15. The van der Waals surface area contributed by atoms with E-state index >= 15 is 0 Å². The summed E-state index contributed by atoms with van der Waals surface area (Å²) in [6, 6.07) is 20.2. The number of fused-ring (bicyclic) bond motifs is 4. The summed E-state index contributed by atoms with van der Waals surface area (Å²) in [6.45, 7) is 0. The summed E-state index contributed by atoms with van der Waals surface area (Å²) in [6.07, 6.45) is 15.2. The van der Waals surface area contributed by atoms with Crippen LogP contribution in [0, 0.1) is 0 Å². The van der Waals surface area contributed by atoms with Crippen molar-refractivity contribution >= 4 is 109 Å². The van der Waals surface area contributed by atoms with Crippen molar-refractivity contribution in [1.82, 2.24) is 0 Å². The molecule has 8 bridgehead atoms. The minimum absolute atomic E-state index is 0.0701. The first-order chi connectivity index (χ1) is 27.0. The van der Waals surface area contributed by atoms with Crippen LogP contribution in [0.4, 0.5) is 0 Å². The van der Waals surface area contributed by atoms with Gasteiger partial charge >= 0.3 is 0 Å². The van der Waals surface area contributed by atoms with Crippen LogP contribution < -0.4 is 0 Å². The number of halogens is 4. The summed E-state index contributed by atoms with van der Waals surface area (Å²) in [5.74, 6) is 0.281. The average Bonchev–Trinajstić information content (AvgIpc) is 4.01. The molecule has 0 spiro atoms. The number of aliphatic imine (C=N–C) groups is 4. The van der Waals surface area contributed by atoms with Crippen molar-refractivity contribution in [2.45, 2.75) is 0 Å². The Bertz CT molecular complexity index is 2490. The van der Waals surface area contributed by atoms with Gasteiger partial charge in [-0.2, -0.15) is 0 Å². The van der Waals surface area contributed by atoms with Crippen molar-refractivity contribution in [2.24, 2.45) is 20.0 Å². The van der Waals surface area contributed by atoms with Gasteiger partial charge in [0.1, 0.15) is 23.0 Å². The number of nitrogens with zero attached hydrogens (tertiary/aromatic N) is 4. The fraction of sp³-hybridized carbons (Fsp3) is 0. The van der Waals surface area contributed by atoms with Gasteiger partial charge in [-0.1, -0.05) is 63.7 Å². The van der Waals surface area contributed by atoms with E-state index < -0.39 is 0 Å². The number of phenolic OH excluding ortho intramolecular Hbond substituents is 4. The van der Waals surface area contributed by atoms with Gasteiger partial charge in [-0.05, 0) is 121 Å². The molecular weight excluding hydrogens is 968 g/mol. The molecule has 0 unspecified atom stereocenters. The average molecular weight is 992 g/mol. The first kappa shape index (κ1) is 36.3. The molecule has 0 fully saturated rings. The van der Waals surface area contributed by atoms with Crippen molar-refractivity contribution in [2.75, 3.05) is 0 Å².